The van der Waals surface area contributed by atoms with Gasteiger partial charge in [0.05, 0.1) is 13.2 Å². The average Bonchev–Trinajstić information content (AvgIpc) is 4.03. The first-order valence-corrected chi connectivity index (χ1v) is 64.8. The van der Waals surface area contributed by atoms with Gasteiger partial charge in [-0.3, -0.25) is 0 Å². The Balaban J connectivity index is 1.82. The van der Waals surface area contributed by atoms with Crippen LogP contribution in [0.1, 0.15) is 54.9 Å². The van der Waals surface area contributed by atoms with Crippen molar-refractivity contribution in [1.29, 1.82) is 0 Å². The Morgan fingerprint density at radius 1 is 0.311 bits per heavy atom. The molecule has 0 saturated carbocycles. The molecule has 7 rings (SSSR count). The summed E-state index contributed by atoms with van der Waals surface area (Å²) < 4.78 is 164. The van der Waals surface area contributed by atoms with Gasteiger partial charge in [-0.1, -0.05) is 48.5 Å². The second kappa shape index (κ2) is 22.9. The van der Waals surface area contributed by atoms with Crippen molar-refractivity contribution in [2.24, 2.45) is 0 Å². The highest BCUT2D eigenvalue weighted by Crippen LogP contribution is 2.54. The van der Waals surface area contributed by atoms with Crippen LogP contribution in [0.4, 0.5) is 0 Å². The van der Waals surface area contributed by atoms with E-state index in [-0.39, 0.29) is 6.10 Å². The van der Waals surface area contributed by atoms with Crippen LogP contribution in [0.15, 0.2) is 0 Å². The summed E-state index contributed by atoms with van der Waals surface area (Å²) in [5, 5.41) is 0. The van der Waals surface area contributed by atoms with E-state index in [0.717, 1.165) is 0 Å². The fourth-order valence-corrected chi connectivity index (χ4v) is 74.9. The molecule has 0 N–H and O–H groups in total. The van der Waals surface area contributed by atoms with Gasteiger partial charge in [-0.2, -0.15) is 0 Å². The van der Waals surface area contributed by atoms with Crippen molar-refractivity contribution in [2.45, 2.75) is 214 Å². The third kappa shape index (κ3) is 16.7. The van der Waals surface area contributed by atoms with Crippen LogP contribution in [0.3, 0.4) is 0 Å². The van der Waals surface area contributed by atoms with E-state index < -0.39 is 139 Å². The molecule has 7 heterocycles. The molecule has 7 aliphatic rings. The van der Waals surface area contributed by atoms with Crippen LogP contribution in [0.5, 0.6) is 0 Å². The zero-order valence-corrected chi connectivity index (χ0v) is 65.0. The summed E-state index contributed by atoms with van der Waals surface area (Å²) in [6, 6.07) is 4.71. The van der Waals surface area contributed by atoms with Crippen molar-refractivity contribution < 1.29 is 91.8 Å². The lowest BCUT2D eigenvalue weighted by Crippen LogP contribution is -2.93. The molecule has 8 bridgehead atoms. The molecule has 0 aliphatic carbocycles. The normalized spacial score (nSPS) is 36.1. The number of hydrogen-bond acceptors (Lipinski definition) is 22. The molecule has 7 fully saturated rings. The van der Waals surface area contributed by atoms with Gasteiger partial charge in [0.15, 0.2) is 66.5 Å². The highest BCUT2D eigenvalue weighted by atomic mass is 28.7. The van der Waals surface area contributed by atoms with Gasteiger partial charge in [0.2, 0.25) is 0 Å². The highest BCUT2D eigenvalue weighted by Gasteiger charge is 2.92. The van der Waals surface area contributed by atoms with Gasteiger partial charge in [0, 0.05) is 6.61 Å². The second-order valence-electron chi connectivity index (χ2n) is 24.7. The zero-order chi connectivity index (χ0) is 55.6. The smallest absolute Gasteiger partial charge is 0.395 e. The third-order valence-corrected chi connectivity index (χ3v) is 77.1. The Labute approximate surface area is 461 Å². The largest absolute Gasteiger partial charge is 0.651 e. The van der Waals surface area contributed by atoms with Crippen LogP contribution in [0, 0.1) is 0 Å². The van der Waals surface area contributed by atoms with Crippen molar-refractivity contribution in [3.63, 3.8) is 0 Å². The fraction of sp³-hybridized carbons (Fsp3) is 1.00. The Kier molecular flexibility index (Phi) is 20.3. The molecular weight excluding hydrogens is 1230 g/mol. The zero-order valence-electron chi connectivity index (χ0n) is 49.0. The maximum atomic E-state index is 7.77. The van der Waals surface area contributed by atoms with Gasteiger partial charge in [0.25, 0.3) is 0 Å². The molecule has 0 aromatic rings. The lowest BCUT2D eigenvalue weighted by molar-refractivity contribution is -0.129. The monoisotopic (exact) mass is 1330 g/mol. The quantitative estimate of drug-likeness (QED) is 0.0388. The summed E-state index contributed by atoms with van der Waals surface area (Å²) in [7, 11) is -64.9. The van der Waals surface area contributed by atoms with Crippen LogP contribution in [0.25, 0.3) is 0 Å². The Morgan fingerprint density at radius 2 is 0.486 bits per heavy atom. The maximum Gasteiger partial charge on any atom is 0.651 e. The first-order valence-electron chi connectivity index (χ1n) is 26.9. The Hall–Kier alpha value is 2.59. The molecule has 74 heavy (non-hydrogen) atoms. The van der Waals surface area contributed by atoms with E-state index >= 15 is 0 Å². The van der Waals surface area contributed by atoms with Crippen molar-refractivity contribution in [3.05, 3.63) is 0 Å². The average molecular weight is 1330 g/mol. The van der Waals surface area contributed by atoms with Gasteiger partial charge in [0.1, 0.15) is 6.10 Å². The number of epoxide rings is 1. The highest BCUT2D eigenvalue weighted by molar-refractivity contribution is 7.04. The van der Waals surface area contributed by atoms with Crippen LogP contribution in [-0.2, 0) is 91.8 Å². The fourth-order valence-electron chi connectivity index (χ4n) is 7.08. The van der Waals surface area contributed by atoms with E-state index in [1.807, 2.05) is 140 Å². The molecule has 7 saturated heterocycles. The van der Waals surface area contributed by atoms with Crippen LogP contribution in [-0.4, -0.2) is 165 Å². The van der Waals surface area contributed by atoms with Crippen molar-refractivity contribution >= 4 is 139 Å². The molecule has 0 aromatic carbocycles. The Morgan fingerprint density at radius 3 is 0.649 bits per heavy atom. The molecule has 22 nitrogen and oxygen atoms in total. The molecule has 1 atom stereocenters. The number of ether oxygens (including phenoxy) is 2. The molecule has 0 radical (unpaired) electrons. The minimum atomic E-state index is -5.20. The molecule has 0 aromatic heterocycles. The summed E-state index contributed by atoms with van der Waals surface area (Å²) >= 11 is 0. The van der Waals surface area contributed by atoms with Gasteiger partial charge in [-0.05, 0) is 160 Å². The Bertz CT molecular complexity index is 1750. The minimum Gasteiger partial charge on any atom is -0.395 e. The molecule has 1 unspecified atom stereocenters. The summed E-state index contributed by atoms with van der Waals surface area (Å²) in [5.41, 5.74) is 0. The molecular formula is C36H94O22Si16. The molecule has 0 spiro atoms. The summed E-state index contributed by atoms with van der Waals surface area (Å²) in [6.45, 7) is 48.8. The lowest BCUT2D eigenvalue weighted by Gasteiger charge is -2.61. The molecule has 7 aliphatic heterocycles. The van der Waals surface area contributed by atoms with Crippen LogP contribution < -0.4 is 0 Å². The first kappa shape index (κ1) is 65.7. The van der Waals surface area contributed by atoms with Crippen LogP contribution >= 0.6 is 0 Å². The van der Waals surface area contributed by atoms with E-state index in [2.05, 4.69) is 13.1 Å². The summed E-state index contributed by atoms with van der Waals surface area (Å²) in [5.74, 6) is 0. The van der Waals surface area contributed by atoms with E-state index in [1.165, 1.54) is 0 Å². The van der Waals surface area contributed by atoms with Crippen molar-refractivity contribution in [3.8, 4) is 0 Å². The maximum absolute atomic E-state index is 7.77. The second-order valence-corrected chi connectivity index (χ2v) is 82.7. The SMILES string of the molecule is CC[Si](C)(C)O[Si]12O[Si]3(O[Si](C)(C)CC)O[Si]4(O[Si](C)(C)CC)O[Si](O[Si](C)(C)CC)(O1)O[Si]1(O[Si](C)(C)CC)O[Si](O[Si](C)(C)CC)(O2)O[Si](O[Si](C)(C)CC)(O3)O[Si](O[Si](C)(C)CCCOCC2CO2)(O4)O1. The number of rotatable bonds is 29. The molecule has 434 valence electrons. The van der Waals surface area contributed by atoms with E-state index in [1.54, 1.807) is 0 Å². The molecule has 38 heteroatoms. The minimum absolute atomic E-state index is 0.126. The van der Waals surface area contributed by atoms with Gasteiger partial charge in [-0.15, -0.1) is 0 Å². The third-order valence-electron chi connectivity index (χ3n) is 13.9. The summed E-state index contributed by atoms with van der Waals surface area (Å²) in [6.07, 6.45) is 0.768. The predicted molar refractivity (Wildman–Crippen MR) is 311 cm³/mol. The van der Waals surface area contributed by atoms with Gasteiger partial charge < -0.3 is 91.8 Å². The summed E-state index contributed by atoms with van der Waals surface area (Å²) in [4.78, 5) is 0. The van der Waals surface area contributed by atoms with E-state index in [4.69, 9.17) is 91.8 Å². The predicted octanol–water partition coefficient (Wildman–Crippen LogP) is 9.46. The van der Waals surface area contributed by atoms with E-state index in [0.29, 0.717) is 74.6 Å². The van der Waals surface area contributed by atoms with Crippen LogP contribution in [0.2, 0.25) is 153 Å². The molecule has 0 amide bonds. The van der Waals surface area contributed by atoms with Crippen molar-refractivity contribution in [2.75, 3.05) is 19.8 Å². The topological polar surface area (TPSA) is 206 Å². The van der Waals surface area contributed by atoms with Gasteiger partial charge >= 0.3 is 72.4 Å². The van der Waals surface area contributed by atoms with Gasteiger partial charge in [-0.25, -0.2) is 0 Å². The number of hydrogen-bond donors (Lipinski definition) is 0. The first-order chi connectivity index (χ1) is 33.6. The standard InChI is InChI=1S/C36H94O22Si16/c1-24-59(8,9)39-67-47-68(40-60(10,11)25-2)50-71(43-63(16,17)28-5)52-69(48-67,41-61(12,13)26-3)54-73(45-65(20,21)30-7)55-70(49-67,42-62(14,15)27-4)53-72(51-68,44-64(18,19)29-6)57-74(56-71,58-73)46-66(22,23)33-31-32-37-34-36-35-38-36/h36H,24-35H2,1-23H3. The lowest BCUT2D eigenvalue weighted by atomic mass is 10.5. The van der Waals surface area contributed by atoms with Crippen molar-refractivity contribution in [1.82, 2.24) is 0 Å². The van der Waals surface area contributed by atoms with E-state index in [9.17, 15) is 0 Å².